The lowest BCUT2D eigenvalue weighted by Gasteiger charge is -2.38. The van der Waals surface area contributed by atoms with Crippen molar-refractivity contribution in [2.45, 2.75) is 24.8 Å². The molecule has 0 unspecified atom stereocenters. The smallest absolute Gasteiger partial charge is 0.225 e. The van der Waals surface area contributed by atoms with Gasteiger partial charge in [-0.3, -0.25) is 4.79 Å². The Balaban J connectivity index is 1.80. The molecule has 0 radical (unpaired) electrons. The van der Waals surface area contributed by atoms with E-state index in [9.17, 15) is 10.1 Å². The fourth-order valence-electron chi connectivity index (χ4n) is 3.18. The lowest BCUT2D eigenvalue weighted by molar-refractivity contribution is -0.123. The quantitative estimate of drug-likeness (QED) is 0.915. The SMILES string of the molecule is N#Cc1cccc(C2(NC(=O)Cc3ccc(C#N)nc3)CCOCC2)c1. The number of carbonyl (C=O) groups excluding carboxylic acids is 1. The van der Waals surface area contributed by atoms with Gasteiger partial charge in [0, 0.05) is 19.4 Å². The zero-order chi connectivity index (χ0) is 18.4. The van der Waals surface area contributed by atoms with Crippen LogP contribution in [0.15, 0.2) is 42.6 Å². The summed E-state index contributed by atoms with van der Waals surface area (Å²) >= 11 is 0. The number of aromatic nitrogens is 1. The first kappa shape index (κ1) is 17.6. The molecule has 0 spiro atoms. The summed E-state index contributed by atoms with van der Waals surface area (Å²) in [6, 6.07) is 14.8. The number of amides is 1. The van der Waals surface area contributed by atoms with E-state index in [1.54, 1.807) is 24.4 Å². The molecule has 130 valence electrons. The highest BCUT2D eigenvalue weighted by molar-refractivity contribution is 5.79. The van der Waals surface area contributed by atoms with E-state index in [0.29, 0.717) is 37.3 Å². The van der Waals surface area contributed by atoms with Gasteiger partial charge >= 0.3 is 0 Å². The molecule has 2 heterocycles. The van der Waals surface area contributed by atoms with E-state index in [1.165, 1.54) is 0 Å². The van der Waals surface area contributed by atoms with Crippen molar-refractivity contribution in [1.29, 1.82) is 10.5 Å². The van der Waals surface area contributed by atoms with Crippen molar-refractivity contribution in [3.8, 4) is 12.1 Å². The van der Waals surface area contributed by atoms with Crippen molar-refractivity contribution in [2.75, 3.05) is 13.2 Å². The first-order chi connectivity index (χ1) is 12.6. The van der Waals surface area contributed by atoms with E-state index in [2.05, 4.69) is 16.4 Å². The summed E-state index contributed by atoms with van der Waals surface area (Å²) < 4.78 is 5.47. The Morgan fingerprint density at radius 2 is 2.00 bits per heavy atom. The molecule has 0 bridgehead atoms. The predicted octanol–water partition coefficient (Wildman–Crippen LogP) is 2.19. The average molecular weight is 346 g/mol. The number of nitrogens with zero attached hydrogens (tertiary/aromatic N) is 3. The molecule has 1 N–H and O–H groups in total. The second-order valence-corrected chi connectivity index (χ2v) is 6.28. The maximum Gasteiger partial charge on any atom is 0.225 e. The Labute approximate surface area is 152 Å². The highest BCUT2D eigenvalue weighted by Crippen LogP contribution is 2.32. The highest BCUT2D eigenvalue weighted by atomic mass is 16.5. The minimum absolute atomic E-state index is 0.124. The van der Waals surface area contributed by atoms with Gasteiger partial charge in [-0.2, -0.15) is 10.5 Å². The van der Waals surface area contributed by atoms with Crippen LogP contribution in [0, 0.1) is 22.7 Å². The molecule has 1 aromatic heterocycles. The Morgan fingerprint density at radius 1 is 1.19 bits per heavy atom. The van der Waals surface area contributed by atoms with Gasteiger partial charge in [-0.1, -0.05) is 18.2 Å². The van der Waals surface area contributed by atoms with Crippen LogP contribution in [0.5, 0.6) is 0 Å². The molecule has 0 atom stereocenters. The summed E-state index contributed by atoms with van der Waals surface area (Å²) in [6.07, 6.45) is 3.03. The number of hydrogen-bond acceptors (Lipinski definition) is 5. The maximum absolute atomic E-state index is 12.7. The van der Waals surface area contributed by atoms with Gasteiger partial charge in [-0.25, -0.2) is 4.98 Å². The van der Waals surface area contributed by atoms with Crippen LogP contribution in [0.3, 0.4) is 0 Å². The fourth-order valence-corrected chi connectivity index (χ4v) is 3.18. The molecule has 1 aromatic carbocycles. The Bertz CT molecular complexity index is 872. The Hall–Kier alpha value is -3.22. The average Bonchev–Trinajstić information content (AvgIpc) is 2.69. The number of pyridine rings is 1. The van der Waals surface area contributed by atoms with Gasteiger partial charge in [-0.05, 0) is 42.2 Å². The molecule has 3 rings (SSSR count). The molecule has 1 amide bonds. The van der Waals surface area contributed by atoms with Crippen LogP contribution >= 0.6 is 0 Å². The molecular formula is C20H18N4O2. The Kier molecular flexibility index (Phi) is 5.26. The number of rotatable bonds is 4. The van der Waals surface area contributed by atoms with Crippen LogP contribution in [-0.2, 0) is 21.5 Å². The van der Waals surface area contributed by atoms with E-state index < -0.39 is 5.54 Å². The van der Waals surface area contributed by atoms with E-state index >= 15 is 0 Å². The van der Waals surface area contributed by atoms with Crippen molar-refractivity contribution >= 4 is 5.91 Å². The van der Waals surface area contributed by atoms with Gasteiger partial charge in [-0.15, -0.1) is 0 Å². The van der Waals surface area contributed by atoms with Crippen LogP contribution in [0.25, 0.3) is 0 Å². The molecule has 26 heavy (non-hydrogen) atoms. The second kappa shape index (κ2) is 7.77. The minimum atomic E-state index is -0.539. The number of carbonyl (C=O) groups is 1. The maximum atomic E-state index is 12.7. The number of benzene rings is 1. The summed E-state index contributed by atoms with van der Waals surface area (Å²) in [5.41, 5.74) is 2.02. The monoisotopic (exact) mass is 346 g/mol. The zero-order valence-corrected chi connectivity index (χ0v) is 14.2. The normalized spacial score (nSPS) is 15.5. The van der Waals surface area contributed by atoms with Gasteiger partial charge in [0.05, 0.1) is 23.6 Å². The number of nitrogens with one attached hydrogen (secondary N) is 1. The molecule has 1 aliphatic rings. The molecule has 0 aliphatic carbocycles. The van der Waals surface area contributed by atoms with Crippen molar-refractivity contribution in [3.05, 3.63) is 65.0 Å². The van der Waals surface area contributed by atoms with Gasteiger partial charge in [0.15, 0.2) is 0 Å². The highest BCUT2D eigenvalue weighted by Gasteiger charge is 2.36. The van der Waals surface area contributed by atoms with Crippen LogP contribution < -0.4 is 5.32 Å². The number of nitriles is 2. The molecular weight excluding hydrogens is 328 g/mol. The minimum Gasteiger partial charge on any atom is -0.381 e. The lowest BCUT2D eigenvalue weighted by atomic mass is 9.82. The van der Waals surface area contributed by atoms with E-state index in [-0.39, 0.29) is 12.3 Å². The van der Waals surface area contributed by atoms with E-state index in [1.807, 2.05) is 24.3 Å². The fraction of sp³-hybridized carbons (Fsp3) is 0.300. The van der Waals surface area contributed by atoms with Crippen LogP contribution in [0.1, 0.15) is 35.2 Å². The van der Waals surface area contributed by atoms with Crippen LogP contribution in [0.4, 0.5) is 0 Å². The lowest BCUT2D eigenvalue weighted by Crippen LogP contribution is -2.50. The molecule has 2 aromatic rings. The van der Waals surface area contributed by atoms with Gasteiger partial charge in [0.1, 0.15) is 11.8 Å². The van der Waals surface area contributed by atoms with Gasteiger partial charge in [0.25, 0.3) is 0 Å². The third-order valence-electron chi connectivity index (χ3n) is 4.57. The first-order valence-corrected chi connectivity index (χ1v) is 8.40. The third kappa shape index (κ3) is 3.88. The summed E-state index contributed by atoms with van der Waals surface area (Å²) in [5.74, 6) is -0.124. The van der Waals surface area contributed by atoms with Crippen molar-refractivity contribution in [3.63, 3.8) is 0 Å². The topological polar surface area (TPSA) is 98.8 Å². The summed E-state index contributed by atoms with van der Waals surface area (Å²) in [6.45, 7) is 1.10. The first-order valence-electron chi connectivity index (χ1n) is 8.40. The largest absolute Gasteiger partial charge is 0.381 e. The van der Waals surface area contributed by atoms with Crippen molar-refractivity contribution in [2.24, 2.45) is 0 Å². The van der Waals surface area contributed by atoms with Crippen LogP contribution in [0.2, 0.25) is 0 Å². The standard InChI is InChI=1S/C20H18N4O2/c21-12-15-2-1-3-17(10-15)20(6-8-26-9-7-20)24-19(25)11-16-4-5-18(13-22)23-14-16/h1-5,10,14H,6-9,11H2,(H,24,25). The summed E-state index contributed by atoms with van der Waals surface area (Å²) in [5, 5.41) is 21.1. The molecule has 1 fully saturated rings. The van der Waals surface area contributed by atoms with Crippen molar-refractivity contribution in [1.82, 2.24) is 10.3 Å². The number of ether oxygens (including phenoxy) is 1. The van der Waals surface area contributed by atoms with Gasteiger partial charge < -0.3 is 10.1 Å². The van der Waals surface area contributed by atoms with E-state index in [0.717, 1.165) is 11.1 Å². The number of hydrogen-bond donors (Lipinski definition) is 1. The zero-order valence-electron chi connectivity index (χ0n) is 14.2. The second-order valence-electron chi connectivity index (χ2n) is 6.28. The summed E-state index contributed by atoms with van der Waals surface area (Å²) in [4.78, 5) is 16.7. The predicted molar refractivity (Wildman–Crippen MR) is 93.7 cm³/mol. The molecule has 6 nitrogen and oxygen atoms in total. The molecule has 6 heteroatoms. The molecule has 1 aliphatic heterocycles. The molecule has 0 saturated carbocycles. The third-order valence-corrected chi connectivity index (χ3v) is 4.57. The van der Waals surface area contributed by atoms with Gasteiger partial charge in [0.2, 0.25) is 5.91 Å². The van der Waals surface area contributed by atoms with Crippen LogP contribution in [-0.4, -0.2) is 24.1 Å². The summed E-state index contributed by atoms with van der Waals surface area (Å²) in [7, 11) is 0. The Morgan fingerprint density at radius 3 is 2.65 bits per heavy atom. The molecule has 1 saturated heterocycles. The van der Waals surface area contributed by atoms with E-state index in [4.69, 9.17) is 10.00 Å². The van der Waals surface area contributed by atoms with Crippen molar-refractivity contribution < 1.29 is 9.53 Å².